The summed E-state index contributed by atoms with van der Waals surface area (Å²) in [5.74, 6) is 2.36. The summed E-state index contributed by atoms with van der Waals surface area (Å²) >= 11 is 6.60. The quantitative estimate of drug-likeness (QED) is 0.839. The molecule has 0 radical (unpaired) electrons. The van der Waals surface area contributed by atoms with Gasteiger partial charge in [0.2, 0.25) is 0 Å². The lowest BCUT2D eigenvalue weighted by molar-refractivity contribution is -0.0167. The molecule has 4 fully saturated rings. The van der Waals surface area contributed by atoms with Crippen molar-refractivity contribution in [3.8, 4) is 0 Å². The lowest BCUT2D eigenvalue weighted by Crippen LogP contribution is -2.59. The van der Waals surface area contributed by atoms with Gasteiger partial charge in [-0.2, -0.15) is 5.10 Å². The van der Waals surface area contributed by atoms with Crippen LogP contribution in [0.2, 0.25) is 5.15 Å². The predicted octanol–water partition coefficient (Wildman–Crippen LogP) is 4.59. The molecule has 0 spiro atoms. The highest BCUT2D eigenvalue weighted by Gasteiger charge is 2.51. The van der Waals surface area contributed by atoms with Crippen molar-refractivity contribution in [1.29, 1.82) is 0 Å². The first-order chi connectivity index (χ1) is 13.0. The number of carbonyl (C=O) groups is 1. The van der Waals surface area contributed by atoms with Crippen molar-refractivity contribution in [3.05, 3.63) is 52.3 Å². The molecule has 1 N–H and O–H groups in total. The molecule has 1 heterocycles. The van der Waals surface area contributed by atoms with Crippen LogP contribution in [0.3, 0.4) is 0 Å². The van der Waals surface area contributed by atoms with Crippen molar-refractivity contribution in [1.82, 2.24) is 15.1 Å². The third-order valence-corrected chi connectivity index (χ3v) is 7.27. The van der Waals surface area contributed by atoms with Crippen molar-refractivity contribution in [2.24, 2.45) is 17.8 Å². The van der Waals surface area contributed by atoms with Gasteiger partial charge in [-0.3, -0.25) is 4.79 Å². The smallest absolute Gasteiger partial charge is 0.256 e. The van der Waals surface area contributed by atoms with E-state index < -0.39 is 0 Å². The lowest BCUT2D eigenvalue weighted by atomic mass is 9.53. The van der Waals surface area contributed by atoms with Gasteiger partial charge in [0.1, 0.15) is 5.15 Å². The Balaban J connectivity index is 1.38. The van der Waals surface area contributed by atoms with Gasteiger partial charge in [-0.1, -0.05) is 41.9 Å². The Morgan fingerprint density at radius 3 is 2.33 bits per heavy atom. The minimum atomic E-state index is -0.0428. The normalized spacial score (nSPS) is 31.3. The van der Waals surface area contributed by atoms with Crippen LogP contribution in [0, 0.1) is 24.7 Å². The molecule has 4 bridgehead atoms. The van der Waals surface area contributed by atoms with E-state index in [-0.39, 0.29) is 11.4 Å². The van der Waals surface area contributed by atoms with E-state index in [1.165, 1.54) is 19.3 Å². The molecular formula is C22H26ClN3O. The second kappa shape index (κ2) is 6.37. The van der Waals surface area contributed by atoms with E-state index in [2.05, 4.69) is 10.4 Å². The Bertz CT molecular complexity index is 838. The zero-order chi connectivity index (χ0) is 18.6. The van der Waals surface area contributed by atoms with Gasteiger partial charge in [0.25, 0.3) is 5.91 Å². The van der Waals surface area contributed by atoms with Gasteiger partial charge in [0, 0.05) is 5.54 Å². The summed E-state index contributed by atoms with van der Waals surface area (Å²) in [6.45, 7) is 2.45. The Morgan fingerprint density at radius 1 is 1.15 bits per heavy atom. The summed E-state index contributed by atoms with van der Waals surface area (Å²) < 4.78 is 1.74. The van der Waals surface area contributed by atoms with E-state index >= 15 is 0 Å². The molecule has 1 aromatic carbocycles. The fourth-order valence-corrected chi connectivity index (χ4v) is 6.56. The van der Waals surface area contributed by atoms with Crippen LogP contribution >= 0.6 is 11.6 Å². The van der Waals surface area contributed by atoms with Crippen molar-refractivity contribution in [2.45, 2.75) is 57.5 Å². The summed E-state index contributed by atoms with van der Waals surface area (Å²) in [6.07, 6.45) is 7.51. The highest BCUT2D eigenvalue weighted by Crippen LogP contribution is 2.55. The maximum Gasteiger partial charge on any atom is 0.256 e. The fourth-order valence-electron chi connectivity index (χ4n) is 6.24. The predicted molar refractivity (Wildman–Crippen MR) is 106 cm³/mol. The van der Waals surface area contributed by atoms with E-state index in [4.69, 9.17) is 11.6 Å². The average Bonchev–Trinajstić information content (AvgIpc) is 2.87. The standard InChI is InChI=1S/C22H26ClN3O/c1-14-19(20(23)26(25-14)13-15-5-3-2-4-6-15)21(27)24-22-10-16-7-17(11-22)9-18(8-16)12-22/h2-6,16-18H,7-13H2,1H3,(H,24,27). The molecule has 1 aromatic heterocycles. The first-order valence-electron chi connectivity index (χ1n) is 10.1. The zero-order valence-corrected chi connectivity index (χ0v) is 16.5. The first kappa shape index (κ1) is 17.3. The number of hydrogen-bond acceptors (Lipinski definition) is 2. The van der Waals surface area contributed by atoms with Crippen LogP contribution < -0.4 is 5.32 Å². The number of carbonyl (C=O) groups excluding carboxylic acids is 1. The maximum atomic E-state index is 13.2. The topological polar surface area (TPSA) is 46.9 Å². The van der Waals surface area contributed by atoms with Gasteiger partial charge < -0.3 is 5.32 Å². The molecule has 5 heteroatoms. The van der Waals surface area contributed by atoms with Crippen LogP contribution in [0.25, 0.3) is 0 Å². The molecular weight excluding hydrogens is 358 g/mol. The van der Waals surface area contributed by atoms with E-state index in [1.807, 2.05) is 37.3 Å². The minimum absolute atomic E-state index is 0.0108. The van der Waals surface area contributed by atoms with Gasteiger partial charge in [-0.05, 0) is 68.8 Å². The number of nitrogens with one attached hydrogen (secondary N) is 1. The molecule has 142 valence electrons. The molecule has 2 aromatic rings. The molecule has 4 aliphatic rings. The number of hydrogen-bond donors (Lipinski definition) is 1. The molecule has 4 nitrogen and oxygen atoms in total. The number of rotatable bonds is 4. The Morgan fingerprint density at radius 2 is 1.74 bits per heavy atom. The molecule has 0 atom stereocenters. The molecule has 1 amide bonds. The summed E-state index contributed by atoms with van der Waals surface area (Å²) in [6, 6.07) is 10.1. The van der Waals surface area contributed by atoms with Gasteiger partial charge in [0.05, 0.1) is 17.8 Å². The minimum Gasteiger partial charge on any atom is -0.346 e. The Kier molecular flexibility index (Phi) is 4.08. The third-order valence-electron chi connectivity index (χ3n) is 6.88. The number of benzene rings is 1. The maximum absolute atomic E-state index is 13.2. The molecule has 6 rings (SSSR count). The van der Waals surface area contributed by atoms with Gasteiger partial charge in [-0.25, -0.2) is 4.68 Å². The molecule has 0 aliphatic heterocycles. The fraction of sp³-hybridized carbons (Fsp3) is 0.545. The van der Waals surface area contributed by atoms with Gasteiger partial charge >= 0.3 is 0 Å². The van der Waals surface area contributed by atoms with Crippen molar-refractivity contribution < 1.29 is 4.79 Å². The zero-order valence-electron chi connectivity index (χ0n) is 15.7. The summed E-state index contributed by atoms with van der Waals surface area (Å²) in [5.41, 5.74) is 2.36. The molecule has 4 aliphatic carbocycles. The highest BCUT2D eigenvalue weighted by atomic mass is 35.5. The second-order valence-electron chi connectivity index (χ2n) is 9.05. The van der Waals surface area contributed by atoms with E-state index in [9.17, 15) is 4.79 Å². The first-order valence-corrected chi connectivity index (χ1v) is 10.5. The summed E-state index contributed by atoms with van der Waals surface area (Å²) in [7, 11) is 0. The Labute approximate surface area is 165 Å². The van der Waals surface area contributed by atoms with Crippen LogP contribution in [0.4, 0.5) is 0 Å². The van der Waals surface area contributed by atoms with E-state index in [0.717, 1.165) is 42.6 Å². The van der Waals surface area contributed by atoms with E-state index in [0.29, 0.717) is 23.0 Å². The van der Waals surface area contributed by atoms with Gasteiger partial charge in [-0.15, -0.1) is 0 Å². The number of halogens is 1. The number of aromatic nitrogens is 2. The number of nitrogens with zero attached hydrogens (tertiary/aromatic N) is 2. The highest BCUT2D eigenvalue weighted by molar-refractivity contribution is 6.33. The van der Waals surface area contributed by atoms with Crippen molar-refractivity contribution in [3.63, 3.8) is 0 Å². The Hall–Kier alpha value is -1.81. The van der Waals surface area contributed by atoms with Crippen LogP contribution in [-0.2, 0) is 6.54 Å². The molecule has 4 saturated carbocycles. The monoisotopic (exact) mass is 383 g/mol. The summed E-state index contributed by atoms with van der Waals surface area (Å²) in [5, 5.41) is 8.41. The third kappa shape index (κ3) is 3.08. The van der Waals surface area contributed by atoms with Gasteiger partial charge in [0.15, 0.2) is 0 Å². The van der Waals surface area contributed by atoms with E-state index in [1.54, 1.807) is 4.68 Å². The second-order valence-corrected chi connectivity index (χ2v) is 9.40. The van der Waals surface area contributed by atoms with Crippen molar-refractivity contribution in [2.75, 3.05) is 0 Å². The van der Waals surface area contributed by atoms with Crippen molar-refractivity contribution >= 4 is 17.5 Å². The molecule has 0 unspecified atom stereocenters. The van der Waals surface area contributed by atoms with Crippen LogP contribution in [0.15, 0.2) is 30.3 Å². The van der Waals surface area contributed by atoms with Crippen LogP contribution in [-0.4, -0.2) is 21.2 Å². The number of aryl methyl sites for hydroxylation is 1. The number of amides is 1. The van der Waals surface area contributed by atoms with Crippen LogP contribution in [0.1, 0.15) is 60.1 Å². The molecule has 27 heavy (non-hydrogen) atoms. The SMILES string of the molecule is Cc1nn(Cc2ccccc2)c(Cl)c1C(=O)NC12CC3CC(CC(C3)C1)C2. The molecule has 0 saturated heterocycles. The van der Waals surface area contributed by atoms with Crippen LogP contribution in [0.5, 0.6) is 0 Å². The lowest BCUT2D eigenvalue weighted by Gasteiger charge is -2.56. The average molecular weight is 384 g/mol. The summed E-state index contributed by atoms with van der Waals surface area (Å²) in [4.78, 5) is 13.2. The largest absolute Gasteiger partial charge is 0.346 e.